The van der Waals surface area contributed by atoms with Gasteiger partial charge in [0.1, 0.15) is 5.75 Å². The summed E-state index contributed by atoms with van der Waals surface area (Å²) in [6, 6.07) is 12.7. The van der Waals surface area contributed by atoms with Crippen LogP contribution in [0.1, 0.15) is 64.2 Å². The van der Waals surface area contributed by atoms with E-state index in [0.717, 1.165) is 24.5 Å². The van der Waals surface area contributed by atoms with Crippen molar-refractivity contribution in [2.45, 2.75) is 64.2 Å². The largest absolute Gasteiger partial charge is 0.494 e. The van der Waals surface area contributed by atoms with Crippen molar-refractivity contribution in [2.24, 2.45) is 0 Å². The first-order chi connectivity index (χ1) is 12.4. The fourth-order valence-electron chi connectivity index (χ4n) is 2.98. The van der Waals surface area contributed by atoms with Crippen molar-refractivity contribution in [1.29, 1.82) is 0 Å². The van der Waals surface area contributed by atoms with Gasteiger partial charge >= 0.3 is 0 Å². The van der Waals surface area contributed by atoms with Gasteiger partial charge in [0.2, 0.25) is 0 Å². The van der Waals surface area contributed by atoms with Crippen LogP contribution in [0.15, 0.2) is 41.8 Å². The molecule has 0 spiro atoms. The van der Waals surface area contributed by atoms with Crippen molar-refractivity contribution in [3.8, 4) is 16.2 Å². The molecule has 1 aromatic heterocycles. The van der Waals surface area contributed by atoms with Gasteiger partial charge in [0, 0.05) is 4.88 Å². The molecule has 2 rings (SSSR count). The van der Waals surface area contributed by atoms with Crippen LogP contribution in [-0.2, 0) is 0 Å². The molecule has 138 valence electrons. The van der Waals surface area contributed by atoms with E-state index >= 15 is 0 Å². The highest BCUT2D eigenvalue weighted by molar-refractivity contribution is 7.80. The number of ether oxygens (including phenoxy) is 1. The Morgan fingerprint density at radius 1 is 0.720 bits per heavy atom. The fourth-order valence-corrected chi connectivity index (χ4v) is 3.93. The predicted octanol–water partition coefficient (Wildman–Crippen LogP) is 7.62. The molecule has 0 unspecified atom stereocenters. The van der Waals surface area contributed by atoms with Gasteiger partial charge in [-0.3, -0.25) is 0 Å². The molecule has 0 atom stereocenters. The highest BCUT2D eigenvalue weighted by Crippen LogP contribution is 2.26. The van der Waals surface area contributed by atoms with Gasteiger partial charge in [-0.25, -0.2) is 0 Å². The number of thiophene rings is 1. The Balaban J connectivity index is 1.44. The second-order valence-corrected chi connectivity index (χ2v) is 8.00. The van der Waals surface area contributed by atoms with E-state index in [9.17, 15) is 0 Å². The minimum Gasteiger partial charge on any atom is -0.494 e. The average molecular weight is 377 g/mol. The zero-order chi connectivity index (χ0) is 17.6. The molecule has 0 N–H and O–H groups in total. The first-order valence-corrected chi connectivity index (χ1v) is 11.3. The Hall–Kier alpha value is -0.930. The van der Waals surface area contributed by atoms with Crippen LogP contribution in [0.5, 0.6) is 5.75 Å². The summed E-state index contributed by atoms with van der Waals surface area (Å²) >= 11 is 6.03. The second kappa shape index (κ2) is 13.3. The van der Waals surface area contributed by atoms with Crippen LogP contribution in [0.25, 0.3) is 10.4 Å². The summed E-state index contributed by atoms with van der Waals surface area (Å²) in [7, 11) is 0. The monoisotopic (exact) mass is 376 g/mol. The lowest BCUT2D eigenvalue weighted by Crippen LogP contribution is -1.97. The maximum Gasteiger partial charge on any atom is 0.119 e. The molecular formula is C22H32OS2. The van der Waals surface area contributed by atoms with Crippen LogP contribution in [0.3, 0.4) is 0 Å². The number of unbranched alkanes of at least 4 members (excludes halogenated alkanes) is 9. The lowest BCUT2D eigenvalue weighted by atomic mass is 10.1. The third-order valence-corrected chi connectivity index (χ3v) is 5.72. The first kappa shape index (κ1) is 20.4. The normalized spacial score (nSPS) is 10.9. The lowest BCUT2D eigenvalue weighted by Gasteiger charge is -2.07. The molecule has 0 aliphatic rings. The van der Waals surface area contributed by atoms with Gasteiger partial charge < -0.3 is 4.74 Å². The van der Waals surface area contributed by atoms with E-state index in [2.05, 4.69) is 54.4 Å². The molecular weight excluding hydrogens is 344 g/mol. The summed E-state index contributed by atoms with van der Waals surface area (Å²) in [5.41, 5.74) is 1.27. The molecule has 0 amide bonds. The summed E-state index contributed by atoms with van der Waals surface area (Å²) in [4.78, 5) is 1.31. The molecule has 1 aromatic carbocycles. The van der Waals surface area contributed by atoms with Gasteiger partial charge in [-0.05, 0) is 59.9 Å². The molecule has 0 fully saturated rings. The Bertz CT molecular complexity index is 534. The quantitative estimate of drug-likeness (QED) is 0.263. The molecule has 1 heterocycles. The van der Waals surface area contributed by atoms with Crippen molar-refractivity contribution < 1.29 is 4.74 Å². The maximum atomic E-state index is 5.86. The second-order valence-electron chi connectivity index (χ2n) is 6.61. The molecule has 0 radical (unpaired) electrons. The molecule has 1 nitrogen and oxygen atoms in total. The van der Waals surface area contributed by atoms with Crippen LogP contribution in [-0.4, -0.2) is 12.4 Å². The molecule has 25 heavy (non-hydrogen) atoms. The number of benzene rings is 1. The number of rotatable bonds is 14. The van der Waals surface area contributed by atoms with Gasteiger partial charge in [-0.1, -0.05) is 57.4 Å². The van der Waals surface area contributed by atoms with E-state index in [4.69, 9.17) is 4.74 Å². The van der Waals surface area contributed by atoms with E-state index < -0.39 is 0 Å². The molecule has 2 aromatic rings. The molecule has 0 aliphatic heterocycles. The summed E-state index contributed by atoms with van der Waals surface area (Å²) in [6.45, 7) is 0.835. The zero-order valence-electron chi connectivity index (χ0n) is 15.3. The Morgan fingerprint density at radius 2 is 1.32 bits per heavy atom. The van der Waals surface area contributed by atoms with Gasteiger partial charge in [0.15, 0.2) is 0 Å². The van der Waals surface area contributed by atoms with Gasteiger partial charge in [0.25, 0.3) is 0 Å². The third kappa shape index (κ3) is 8.82. The van der Waals surface area contributed by atoms with Gasteiger partial charge in [-0.15, -0.1) is 11.3 Å². The first-order valence-electron chi connectivity index (χ1n) is 9.78. The van der Waals surface area contributed by atoms with E-state index in [-0.39, 0.29) is 0 Å². The average Bonchev–Trinajstić information content (AvgIpc) is 3.18. The van der Waals surface area contributed by atoms with Crippen LogP contribution < -0.4 is 4.74 Å². The summed E-state index contributed by atoms with van der Waals surface area (Å²) in [5.74, 6) is 2.03. The molecule has 0 bridgehead atoms. The Morgan fingerprint density at radius 3 is 1.88 bits per heavy atom. The summed E-state index contributed by atoms with van der Waals surface area (Å²) in [6.07, 6.45) is 13.4. The van der Waals surface area contributed by atoms with Crippen LogP contribution in [0, 0.1) is 0 Å². The fraction of sp³-hybridized carbons (Fsp3) is 0.545. The van der Waals surface area contributed by atoms with E-state index in [1.54, 1.807) is 11.3 Å². The van der Waals surface area contributed by atoms with Crippen molar-refractivity contribution in [3.05, 3.63) is 41.8 Å². The smallest absolute Gasteiger partial charge is 0.119 e. The lowest BCUT2D eigenvalue weighted by molar-refractivity contribution is 0.304. The minimum atomic E-state index is 0.835. The van der Waals surface area contributed by atoms with Crippen LogP contribution in [0.2, 0.25) is 0 Å². The summed E-state index contributed by atoms with van der Waals surface area (Å²) < 4.78 is 5.86. The summed E-state index contributed by atoms with van der Waals surface area (Å²) in [5, 5.41) is 2.11. The van der Waals surface area contributed by atoms with Crippen molar-refractivity contribution in [3.63, 3.8) is 0 Å². The molecule has 0 aliphatic carbocycles. The van der Waals surface area contributed by atoms with Crippen LogP contribution in [0.4, 0.5) is 0 Å². The highest BCUT2D eigenvalue weighted by Gasteiger charge is 1.99. The van der Waals surface area contributed by atoms with E-state index in [1.807, 2.05) is 0 Å². The van der Waals surface area contributed by atoms with Gasteiger partial charge in [-0.2, -0.15) is 12.6 Å². The topological polar surface area (TPSA) is 9.23 Å². The van der Waals surface area contributed by atoms with E-state index in [1.165, 1.54) is 68.2 Å². The maximum absolute atomic E-state index is 5.86. The Labute approximate surface area is 163 Å². The van der Waals surface area contributed by atoms with Gasteiger partial charge in [0.05, 0.1) is 6.61 Å². The number of hydrogen-bond donors (Lipinski definition) is 1. The zero-order valence-corrected chi connectivity index (χ0v) is 17.0. The standard InChI is InChI=1S/C22H32OS2/c24-18-10-8-6-4-2-1-3-5-7-9-17-23-21-15-13-20(14-16-21)22-12-11-19-25-22/h11-16,19,24H,1-10,17-18H2. The molecule has 0 saturated heterocycles. The van der Waals surface area contributed by atoms with Crippen molar-refractivity contribution in [2.75, 3.05) is 12.4 Å². The predicted molar refractivity (Wildman–Crippen MR) is 115 cm³/mol. The minimum absolute atomic E-state index is 0.835. The Kier molecular flexibility index (Phi) is 10.8. The molecule has 3 heteroatoms. The SMILES string of the molecule is SCCCCCCCCCCCCOc1ccc(-c2cccs2)cc1. The number of thiol groups is 1. The highest BCUT2D eigenvalue weighted by atomic mass is 32.1. The van der Waals surface area contributed by atoms with E-state index in [0.29, 0.717) is 0 Å². The number of hydrogen-bond acceptors (Lipinski definition) is 3. The third-order valence-electron chi connectivity index (χ3n) is 4.48. The molecule has 0 saturated carbocycles. The van der Waals surface area contributed by atoms with Crippen molar-refractivity contribution >= 4 is 24.0 Å². The van der Waals surface area contributed by atoms with Crippen molar-refractivity contribution in [1.82, 2.24) is 0 Å². The van der Waals surface area contributed by atoms with Crippen LogP contribution >= 0.6 is 24.0 Å².